The Kier molecular flexibility index (Phi) is 3.72. The summed E-state index contributed by atoms with van der Waals surface area (Å²) >= 11 is 12.5. The third-order valence-electron chi connectivity index (χ3n) is 4.72. The van der Waals surface area contributed by atoms with Gasteiger partial charge in [-0.1, -0.05) is 43.0 Å². The van der Waals surface area contributed by atoms with E-state index in [0.717, 1.165) is 10.6 Å². The molecule has 0 spiro atoms. The molecular formula is C16H18Cl2O2. The first-order valence-corrected chi connectivity index (χ1v) is 7.99. The largest absolute Gasteiger partial charge is 0.480 e. The number of benzene rings is 1. The Morgan fingerprint density at radius 1 is 1.25 bits per heavy atom. The zero-order valence-corrected chi connectivity index (χ0v) is 12.8. The Morgan fingerprint density at radius 3 is 2.50 bits per heavy atom. The topological polar surface area (TPSA) is 37.3 Å². The van der Waals surface area contributed by atoms with E-state index in [1.807, 2.05) is 12.1 Å². The predicted octanol–water partition coefficient (Wildman–Crippen LogP) is 4.94. The summed E-state index contributed by atoms with van der Waals surface area (Å²) in [6.07, 6.45) is 6.77. The fourth-order valence-electron chi connectivity index (χ4n) is 3.36. The summed E-state index contributed by atoms with van der Waals surface area (Å²) in [5.74, 6) is -0.485. The van der Waals surface area contributed by atoms with Gasteiger partial charge in [0.15, 0.2) is 0 Å². The van der Waals surface area contributed by atoms with Crippen LogP contribution in [0.4, 0.5) is 0 Å². The van der Waals surface area contributed by atoms with Crippen LogP contribution < -0.4 is 0 Å². The third-order valence-corrected chi connectivity index (χ3v) is 5.63. The van der Waals surface area contributed by atoms with E-state index in [1.165, 1.54) is 37.7 Å². The van der Waals surface area contributed by atoms with Crippen molar-refractivity contribution in [3.8, 4) is 0 Å². The second-order valence-electron chi connectivity index (χ2n) is 6.04. The molecule has 0 aromatic heterocycles. The van der Waals surface area contributed by atoms with Crippen LogP contribution in [0.15, 0.2) is 18.2 Å². The van der Waals surface area contributed by atoms with Crippen LogP contribution in [-0.2, 0) is 4.79 Å². The zero-order valence-electron chi connectivity index (χ0n) is 11.2. The van der Waals surface area contributed by atoms with Crippen molar-refractivity contribution in [1.29, 1.82) is 0 Å². The average Bonchev–Trinajstić information content (AvgIpc) is 3.14. The molecule has 1 aromatic carbocycles. The molecule has 20 heavy (non-hydrogen) atoms. The highest BCUT2D eigenvalue weighted by Gasteiger charge is 2.60. The van der Waals surface area contributed by atoms with E-state index in [-0.39, 0.29) is 5.92 Å². The summed E-state index contributed by atoms with van der Waals surface area (Å²) < 4.78 is 0. The van der Waals surface area contributed by atoms with Crippen LogP contribution in [-0.4, -0.2) is 16.0 Å². The minimum atomic E-state index is -1.12. The monoisotopic (exact) mass is 312 g/mol. The fraction of sp³-hybridized carbons (Fsp3) is 0.562. The van der Waals surface area contributed by atoms with E-state index in [9.17, 15) is 4.79 Å². The minimum absolute atomic E-state index is 0.112. The summed E-state index contributed by atoms with van der Waals surface area (Å²) in [6, 6.07) is 6.00. The SMILES string of the molecule is O=C(O)C1(Cl)CC1c1ccc(C2CCCCC2)c(Cl)c1. The number of carbonyl (C=O) groups is 1. The molecule has 2 fully saturated rings. The predicted molar refractivity (Wildman–Crippen MR) is 80.9 cm³/mol. The molecule has 2 atom stereocenters. The molecule has 4 heteroatoms. The van der Waals surface area contributed by atoms with Gasteiger partial charge >= 0.3 is 5.97 Å². The Bertz CT molecular complexity index is 537. The van der Waals surface area contributed by atoms with Gasteiger partial charge in [0.05, 0.1) is 0 Å². The van der Waals surface area contributed by atoms with Gasteiger partial charge in [0.1, 0.15) is 4.87 Å². The molecule has 0 heterocycles. The summed E-state index contributed by atoms with van der Waals surface area (Å²) in [7, 11) is 0. The molecule has 0 saturated heterocycles. The van der Waals surface area contributed by atoms with E-state index >= 15 is 0 Å². The number of rotatable bonds is 3. The molecule has 2 nitrogen and oxygen atoms in total. The highest BCUT2D eigenvalue weighted by Crippen LogP contribution is 2.57. The van der Waals surface area contributed by atoms with Crippen LogP contribution in [0.2, 0.25) is 5.02 Å². The van der Waals surface area contributed by atoms with Gasteiger partial charge in [-0.25, -0.2) is 0 Å². The lowest BCUT2D eigenvalue weighted by Crippen LogP contribution is -2.16. The number of halogens is 2. The molecular weight excluding hydrogens is 295 g/mol. The molecule has 0 radical (unpaired) electrons. The maximum Gasteiger partial charge on any atom is 0.325 e. The third kappa shape index (κ3) is 2.44. The van der Waals surface area contributed by atoms with Gasteiger partial charge in [-0.2, -0.15) is 0 Å². The molecule has 108 valence electrons. The second kappa shape index (κ2) is 5.23. The fourth-order valence-corrected chi connectivity index (χ4v) is 3.98. The second-order valence-corrected chi connectivity index (χ2v) is 7.12. The quantitative estimate of drug-likeness (QED) is 0.803. The van der Waals surface area contributed by atoms with Crippen LogP contribution >= 0.6 is 23.2 Å². The molecule has 1 aromatic rings. The molecule has 1 N–H and O–H groups in total. The molecule has 2 saturated carbocycles. The van der Waals surface area contributed by atoms with Crippen LogP contribution in [0.3, 0.4) is 0 Å². The number of carboxylic acid groups (broad SMARTS) is 1. The van der Waals surface area contributed by atoms with Crippen molar-refractivity contribution in [1.82, 2.24) is 0 Å². The molecule has 2 aliphatic carbocycles. The van der Waals surface area contributed by atoms with Crippen molar-refractivity contribution in [2.24, 2.45) is 0 Å². The Balaban J connectivity index is 1.80. The van der Waals surface area contributed by atoms with Gasteiger partial charge in [-0.3, -0.25) is 4.79 Å². The standard InChI is InChI=1S/C16H18Cl2O2/c17-14-8-11(13-9-16(13,18)15(19)20)6-7-12(14)10-4-2-1-3-5-10/h6-8,10,13H,1-5,9H2,(H,19,20). The highest BCUT2D eigenvalue weighted by atomic mass is 35.5. The normalized spacial score (nSPS) is 30.2. The molecule has 0 bridgehead atoms. The van der Waals surface area contributed by atoms with Crippen molar-refractivity contribution < 1.29 is 9.90 Å². The van der Waals surface area contributed by atoms with Crippen LogP contribution in [0.25, 0.3) is 0 Å². The van der Waals surface area contributed by atoms with E-state index < -0.39 is 10.8 Å². The minimum Gasteiger partial charge on any atom is -0.480 e. The van der Waals surface area contributed by atoms with Crippen molar-refractivity contribution in [3.63, 3.8) is 0 Å². The number of aliphatic carboxylic acids is 1. The zero-order chi connectivity index (χ0) is 14.3. The summed E-state index contributed by atoms with van der Waals surface area (Å²) in [5, 5.41) is 9.88. The van der Waals surface area contributed by atoms with Crippen LogP contribution in [0, 0.1) is 0 Å². The maximum absolute atomic E-state index is 11.1. The van der Waals surface area contributed by atoms with Crippen molar-refractivity contribution in [2.45, 2.75) is 55.2 Å². The number of hydrogen-bond acceptors (Lipinski definition) is 1. The van der Waals surface area contributed by atoms with Crippen molar-refractivity contribution in [3.05, 3.63) is 34.3 Å². The van der Waals surface area contributed by atoms with Gasteiger partial charge < -0.3 is 5.11 Å². The molecule has 2 unspecified atom stereocenters. The first kappa shape index (κ1) is 14.2. The molecule has 2 aliphatic rings. The summed E-state index contributed by atoms with van der Waals surface area (Å²) in [4.78, 5) is 9.99. The van der Waals surface area contributed by atoms with E-state index in [0.29, 0.717) is 12.3 Å². The Labute approximate surface area is 129 Å². The highest BCUT2D eigenvalue weighted by molar-refractivity contribution is 6.37. The molecule has 0 aliphatic heterocycles. The van der Waals surface area contributed by atoms with Gasteiger partial charge in [-0.15, -0.1) is 11.6 Å². The average molecular weight is 313 g/mol. The summed E-state index contributed by atoms with van der Waals surface area (Å²) in [6.45, 7) is 0. The number of hydrogen-bond donors (Lipinski definition) is 1. The van der Waals surface area contributed by atoms with Gasteiger partial charge in [-0.05, 0) is 42.4 Å². The van der Waals surface area contributed by atoms with Crippen molar-refractivity contribution in [2.75, 3.05) is 0 Å². The van der Waals surface area contributed by atoms with Crippen molar-refractivity contribution >= 4 is 29.2 Å². The van der Waals surface area contributed by atoms with Gasteiger partial charge in [0, 0.05) is 10.9 Å². The lowest BCUT2D eigenvalue weighted by Gasteiger charge is -2.23. The first-order chi connectivity index (χ1) is 9.52. The van der Waals surface area contributed by atoms with Gasteiger partial charge in [0.2, 0.25) is 0 Å². The Morgan fingerprint density at radius 2 is 1.95 bits per heavy atom. The maximum atomic E-state index is 11.1. The molecule has 3 rings (SSSR count). The number of carboxylic acids is 1. The van der Waals surface area contributed by atoms with Crippen LogP contribution in [0.5, 0.6) is 0 Å². The van der Waals surface area contributed by atoms with E-state index in [4.69, 9.17) is 28.3 Å². The first-order valence-electron chi connectivity index (χ1n) is 7.24. The lowest BCUT2D eigenvalue weighted by molar-refractivity contribution is -0.137. The van der Waals surface area contributed by atoms with Gasteiger partial charge in [0.25, 0.3) is 0 Å². The number of alkyl halides is 1. The van der Waals surface area contributed by atoms with E-state index in [2.05, 4.69) is 6.07 Å². The summed E-state index contributed by atoms with van der Waals surface area (Å²) in [5.41, 5.74) is 2.17. The van der Waals surface area contributed by atoms with Crippen LogP contribution in [0.1, 0.15) is 61.5 Å². The Hall–Kier alpha value is -0.730. The lowest BCUT2D eigenvalue weighted by atomic mass is 9.83. The smallest absolute Gasteiger partial charge is 0.325 e. The molecule has 0 amide bonds. The van der Waals surface area contributed by atoms with E-state index in [1.54, 1.807) is 0 Å².